The maximum Gasteiger partial charge on any atom is 0.116 e. The monoisotopic (exact) mass is 1250 g/mol. The second kappa shape index (κ2) is 36.1. The largest absolute Gasteiger partial charge is 0.265 e. The maximum atomic E-state index is 4.35. The van der Waals surface area contributed by atoms with Crippen LogP contribution < -0.4 is 0 Å². The Bertz CT molecular complexity index is 4350. The second-order valence-corrected chi connectivity index (χ2v) is 22.2. The van der Waals surface area contributed by atoms with Gasteiger partial charge in [0.2, 0.25) is 0 Å². The average molecular weight is 1250 g/mol. The van der Waals surface area contributed by atoms with Crippen molar-refractivity contribution in [1.29, 1.82) is 0 Å². The molecule has 472 valence electrons. The third-order valence-electron chi connectivity index (χ3n) is 15.2. The molecule has 0 saturated heterocycles. The highest BCUT2D eigenvalue weighted by Gasteiger charge is 2.05. The summed E-state index contributed by atoms with van der Waals surface area (Å²) in [6, 6.07) is 76.7. The molecule has 0 atom stereocenters. The molecule has 11 heterocycles. The van der Waals surface area contributed by atoms with Crippen LogP contribution in [0.15, 0.2) is 317 Å². The summed E-state index contributed by atoms with van der Waals surface area (Å²) in [6.07, 6.45) is 25.2. The predicted molar refractivity (Wildman–Crippen MR) is 395 cm³/mol. The zero-order valence-electron chi connectivity index (χ0n) is 55.4. The number of hydrogen-bond donors (Lipinski definition) is 0. The van der Waals surface area contributed by atoms with E-state index in [0.29, 0.717) is 0 Å². The van der Waals surface area contributed by atoms with Crippen molar-refractivity contribution in [3.05, 3.63) is 362 Å². The lowest BCUT2D eigenvalue weighted by Crippen LogP contribution is -1.88. The number of aryl methyl sites for hydroxylation is 8. The Morgan fingerprint density at radius 2 is 0.656 bits per heavy atom. The predicted octanol–water partition coefficient (Wildman–Crippen LogP) is 20.0. The van der Waals surface area contributed by atoms with Gasteiger partial charge < -0.3 is 0 Å². The van der Waals surface area contributed by atoms with Crippen LogP contribution in [-0.2, 0) is 0 Å². The van der Waals surface area contributed by atoms with Gasteiger partial charge in [0.1, 0.15) is 6.33 Å². The quantitative estimate of drug-likeness (QED) is 0.165. The molecule has 0 aliphatic rings. The Kier molecular flexibility index (Phi) is 25.6. The molecule has 0 radical (unpaired) electrons. The minimum absolute atomic E-state index is 0.931. The molecule has 0 bridgehead atoms. The van der Waals surface area contributed by atoms with E-state index in [-0.39, 0.29) is 0 Å². The molecule has 0 amide bonds. The molecule has 12 heteroatoms. The van der Waals surface area contributed by atoms with Crippen LogP contribution in [0.3, 0.4) is 0 Å². The van der Waals surface area contributed by atoms with Gasteiger partial charge in [0.25, 0.3) is 0 Å². The number of hydrogen-bond acceptors (Lipinski definition) is 12. The number of pyridine rings is 10. The summed E-state index contributed by atoms with van der Waals surface area (Å²) in [6.45, 7) is 16.5. The molecule has 16 rings (SSSR count). The van der Waals surface area contributed by atoms with Crippen LogP contribution >= 0.6 is 0 Å². The normalized spacial score (nSPS) is 10.1. The first kappa shape index (κ1) is 68.1. The highest BCUT2D eigenvalue weighted by atomic mass is 14.8. The van der Waals surface area contributed by atoms with Crippen LogP contribution in [-0.4, -0.2) is 59.8 Å². The first-order valence-corrected chi connectivity index (χ1v) is 31.5. The Morgan fingerprint density at radius 3 is 1.23 bits per heavy atom. The molecule has 12 nitrogen and oxygen atoms in total. The molecule has 16 aromatic rings. The van der Waals surface area contributed by atoms with E-state index in [1.54, 1.807) is 43.5 Å². The van der Waals surface area contributed by atoms with E-state index in [9.17, 15) is 0 Å². The van der Waals surface area contributed by atoms with Crippen molar-refractivity contribution in [2.45, 2.75) is 55.4 Å². The highest BCUT2D eigenvalue weighted by molar-refractivity contribution is 5.85. The van der Waals surface area contributed by atoms with Gasteiger partial charge in [-0.05, 0) is 191 Å². The molecular formula is C84H76N12. The van der Waals surface area contributed by atoms with Crippen molar-refractivity contribution in [3.8, 4) is 45.2 Å². The van der Waals surface area contributed by atoms with E-state index in [0.717, 1.165) is 72.8 Å². The Balaban J connectivity index is 0.000000129. The molecule has 0 spiro atoms. The number of nitrogens with zero attached hydrogens (tertiary/aromatic N) is 12. The molecule has 0 aliphatic carbocycles. The summed E-state index contributed by atoms with van der Waals surface area (Å²) < 4.78 is 0. The molecular weight excluding hydrogens is 1180 g/mol. The summed E-state index contributed by atoms with van der Waals surface area (Å²) in [5.74, 6) is 0. The Hall–Kier alpha value is -12.3. The maximum absolute atomic E-state index is 4.35. The van der Waals surface area contributed by atoms with Gasteiger partial charge in [-0.1, -0.05) is 140 Å². The smallest absolute Gasteiger partial charge is 0.116 e. The molecule has 11 aromatic heterocycles. The number of para-hydroxylation sites is 2. The number of fused-ring (bicyclic) bond motifs is 4. The van der Waals surface area contributed by atoms with E-state index in [4.69, 9.17) is 0 Å². The van der Waals surface area contributed by atoms with Crippen LogP contribution in [0.4, 0.5) is 0 Å². The van der Waals surface area contributed by atoms with Gasteiger partial charge in [0.15, 0.2) is 0 Å². The van der Waals surface area contributed by atoms with E-state index < -0.39 is 0 Å². The van der Waals surface area contributed by atoms with E-state index in [1.807, 2.05) is 221 Å². The van der Waals surface area contributed by atoms with E-state index >= 15 is 0 Å². The fourth-order valence-electron chi connectivity index (χ4n) is 10.1. The standard InChI is InChI=1S/C12H11N.3C11H10N2.3C10H9N.C9H8N2/c1-10-6-5-9-13-12(10)11-7-3-2-4-8-11;1-9-4-2-7-13-11(9)10-5-3-6-12-8-10;1-9-3-2-6-13-11(9)10-4-7-12-8-5-10;1-9-5-4-8-13-11(9)10-6-2-3-7-12-10;1-8-4-2-6-10-9(8)5-3-7-11-10;1-8-6-11-7-9-4-2-3-5-10(8)9;1-8-6-7-11-10-5-3-2-4-9(8)10;1-7-8-4-2-3-5-9(8)11-6-10-7/h2-9H,1H3;3*2-8H,1H3;3*2-7H,1H3;2-6H,1H3. The van der Waals surface area contributed by atoms with Crippen LogP contribution in [0.5, 0.6) is 0 Å². The lowest BCUT2D eigenvalue weighted by Gasteiger charge is -2.02. The molecule has 5 aromatic carbocycles. The molecule has 96 heavy (non-hydrogen) atoms. The first-order valence-electron chi connectivity index (χ1n) is 31.5. The fraction of sp³-hybridized carbons (Fsp3) is 0.0952. The van der Waals surface area contributed by atoms with Crippen molar-refractivity contribution < 1.29 is 0 Å². The molecule has 0 saturated carbocycles. The van der Waals surface area contributed by atoms with Crippen molar-refractivity contribution in [2.75, 3.05) is 0 Å². The van der Waals surface area contributed by atoms with Crippen molar-refractivity contribution in [3.63, 3.8) is 0 Å². The molecule has 0 unspecified atom stereocenters. The summed E-state index contributed by atoms with van der Waals surface area (Å²) in [4.78, 5) is 50.4. The summed E-state index contributed by atoms with van der Waals surface area (Å²) in [7, 11) is 0. The third kappa shape index (κ3) is 19.9. The number of aromatic nitrogens is 12. The number of rotatable bonds is 4. The van der Waals surface area contributed by atoms with Gasteiger partial charge in [0.05, 0.1) is 45.0 Å². The molecule has 0 N–H and O–H groups in total. The van der Waals surface area contributed by atoms with Gasteiger partial charge in [-0.15, -0.1) is 0 Å². The minimum atomic E-state index is 0.931. The topological polar surface area (TPSA) is 155 Å². The summed E-state index contributed by atoms with van der Waals surface area (Å²) in [5, 5.41) is 6.13. The third-order valence-corrected chi connectivity index (χ3v) is 15.2. The van der Waals surface area contributed by atoms with Crippen molar-refractivity contribution >= 4 is 43.5 Å². The summed E-state index contributed by atoms with van der Waals surface area (Å²) in [5.41, 5.74) is 21.1. The van der Waals surface area contributed by atoms with E-state index in [1.165, 1.54) is 60.5 Å². The zero-order valence-corrected chi connectivity index (χ0v) is 55.4. The lowest BCUT2D eigenvalue weighted by molar-refractivity contribution is 1.15. The Labute approximate surface area is 562 Å². The van der Waals surface area contributed by atoms with Crippen LogP contribution in [0.25, 0.3) is 88.6 Å². The van der Waals surface area contributed by atoms with Gasteiger partial charge in [-0.25, -0.2) is 9.97 Å². The highest BCUT2D eigenvalue weighted by Crippen LogP contribution is 2.23. The zero-order chi connectivity index (χ0) is 67.1. The first-order chi connectivity index (χ1) is 47.0. The van der Waals surface area contributed by atoms with Crippen LogP contribution in [0.1, 0.15) is 44.6 Å². The minimum Gasteiger partial charge on any atom is -0.265 e. The van der Waals surface area contributed by atoms with E-state index in [2.05, 4.69) is 168 Å². The average Bonchev–Trinajstić information content (AvgIpc) is 1.20. The number of benzene rings is 5. The molecule has 0 aliphatic heterocycles. The van der Waals surface area contributed by atoms with Gasteiger partial charge >= 0.3 is 0 Å². The van der Waals surface area contributed by atoms with Crippen LogP contribution in [0.2, 0.25) is 0 Å². The van der Waals surface area contributed by atoms with Crippen molar-refractivity contribution in [2.24, 2.45) is 0 Å². The Morgan fingerprint density at radius 1 is 0.208 bits per heavy atom. The van der Waals surface area contributed by atoms with Gasteiger partial charge in [-0.2, -0.15) is 0 Å². The molecule has 0 fully saturated rings. The lowest BCUT2D eigenvalue weighted by atomic mass is 10.1. The van der Waals surface area contributed by atoms with Crippen LogP contribution in [0, 0.1) is 55.4 Å². The second-order valence-electron chi connectivity index (χ2n) is 22.2. The van der Waals surface area contributed by atoms with Gasteiger partial charge in [0, 0.05) is 124 Å². The fourth-order valence-corrected chi connectivity index (χ4v) is 10.1. The van der Waals surface area contributed by atoms with Gasteiger partial charge in [-0.3, -0.25) is 49.8 Å². The summed E-state index contributed by atoms with van der Waals surface area (Å²) >= 11 is 0. The van der Waals surface area contributed by atoms with Crippen molar-refractivity contribution in [1.82, 2.24) is 59.8 Å². The SMILES string of the molecule is Cc1cccc2ncccc12.Cc1cccnc1-c1ccccc1.Cc1cccnc1-c1ccccn1.Cc1cccnc1-c1cccnc1.Cc1cccnc1-c1ccncc1.Cc1ccnc2ccccc12.Cc1cncc2ccccc12.Cc1ncnc2ccccc12.